The third kappa shape index (κ3) is 2.82. The fourth-order valence-electron chi connectivity index (χ4n) is 2.32. The van der Waals surface area contributed by atoms with Crippen molar-refractivity contribution in [3.05, 3.63) is 24.3 Å². The van der Waals surface area contributed by atoms with Crippen LogP contribution in [0.15, 0.2) is 29.2 Å². The average Bonchev–Trinajstić information content (AvgIpc) is 2.35. The standard InChI is InChI=1S/C14H23N3O2S/c1-4-16-20(18,19)13-7-5-12(6-8-13)17-9-14(15,10-17)11(2)3/h5-8,11,16H,4,9-10,15H2,1-3H3. The first-order valence-corrected chi connectivity index (χ1v) is 8.40. The SMILES string of the molecule is CCNS(=O)(=O)c1ccc(N2CC(N)(C(C)C)C2)cc1. The number of hydrogen-bond donors (Lipinski definition) is 2. The number of nitrogens with two attached hydrogens (primary N) is 1. The van der Waals surface area contributed by atoms with Gasteiger partial charge in [-0.2, -0.15) is 0 Å². The van der Waals surface area contributed by atoms with Crippen LogP contribution < -0.4 is 15.4 Å². The Morgan fingerprint density at radius 2 is 1.85 bits per heavy atom. The first kappa shape index (κ1) is 15.3. The van der Waals surface area contributed by atoms with E-state index in [-0.39, 0.29) is 5.54 Å². The van der Waals surface area contributed by atoms with Gasteiger partial charge in [0, 0.05) is 25.3 Å². The highest BCUT2D eigenvalue weighted by molar-refractivity contribution is 7.89. The maximum Gasteiger partial charge on any atom is 0.240 e. The Morgan fingerprint density at radius 1 is 1.30 bits per heavy atom. The van der Waals surface area contributed by atoms with Crippen molar-refractivity contribution in [2.75, 3.05) is 24.5 Å². The van der Waals surface area contributed by atoms with Crippen LogP contribution in [-0.4, -0.2) is 33.6 Å². The zero-order valence-corrected chi connectivity index (χ0v) is 13.1. The Labute approximate surface area is 121 Å². The summed E-state index contributed by atoms with van der Waals surface area (Å²) in [6, 6.07) is 6.95. The molecule has 112 valence electrons. The summed E-state index contributed by atoms with van der Waals surface area (Å²) in [5, 5.41) is 0. The van der Waals surface area contributed by atoms with Crippen molar-refractivity contribution in [2.45, 2.75) is 31.2 Å². The molecule has 0 saturated carbocycles. The van der Waals surface area contributed by atoms with Gasteiger partial charge in [-0.1, -0.05) is 20.8 Å². The normalized spacial score (nSPS) is 18.1. The maximum absolute atomic E-state index is 11.8. The third-order valence-electron chi connectivity index (χ3n) is 3.97. The molecule has 1 aliphatic rings. The van der Waals surface area contributed by atoms with E-state index in [1.165, 1.54) is 0 Å². The van der Waals surface area contributed by atoms with E-state index in [1.807, 2.05) is 12.1 Å². The molecule has 0 atom stereocenters. The van der Waals surface area contributed by atoms with E-state index >= 15 is 0 Å². The van der Waals surface area contributed by atoms with Crippen LogP contribution in [-0.2, 0) is 10.0 Å². The smallest absolute Gasteiger partial charge is 0.240 e. The molecular formula is C14H23N3O2S. The number of sulfonamides is 1. The highest BCUT2D eigenvalue weighted by atomic mass is 32.2. The van der Waals surface area contributed by atoms with Crippen LogP contribution in [0.5, 0.6) is 0 Å². The Bertz CT molecular complexity index is 561. The van der Waals surface area contributed by atoms with Crippen molar-refractivity contribution in [1.29, 1.82) is 0 Å². The predicted octanol–water partition coefficient (Wildman–Crippen LogP) is 1.16. The second-order valence-corrected chi connectivity index (χ2v) is 7.51. The molecule has 0 aliphatic carbocycles. The highest BCUT2D eigenvalue weighted by Gasteiger charge is 2.41. The molecule has 0 amide bonds. The van der Waals surface area contributed by atoms with Crippen molar-refractivity contribution in [3.63, 3.8) is 0 Å². The summed E-state index contributed by atoms with van der Waals surface area (Å²) in [5.41, 5.74) is 7.15. The van der Waals surface area contributed by atoms with Gasteiger partial charge in [-0.15, -0.1) is 0 Å². The number of nitrogens with zero attached hydrogens (tertiary/aromatic N) is 1. The summed E-state index contributed by atoms with van der Waals surface area (Å²) in [4.78, 5) is 2.47. The lowest BCUT2D eigenvalue weighted by atomic mass is 9.80. The minimum Gasteiger partial charge on any atom is -0.368 e. The number of nitrogens with one attached hydrogen (secondary N) is 1. The van der Waals surface area contributed by atoms with E-state index in [2.05, 4.69) is 23.5 Å². The van der Waals surface area contributed by atoms with E-state index in [4.69, 9.17) is 5.73 Å². The Balaban J connectivity index is 2.08. The van der Waals surface area contributed by atoms with E-state index in [0.717, 1.165) is 18.8 Å². The summed E-state index contributed by atoms with van der Waals surface area (Å²) in [6.07, 6.45) is 0. The summed E-state index contributed by atoms with van der Waals surface area (Å²) < 4.78 is 26.2. The second kappa shape index (κ2) is 5.35. The molecule has 3 N–H and O–H groups in total. The van der Waals surface area contributed by atoms with Gasteiger partial charge in [0.25, 0.3) is 0 Å². The molecular weight excluding hydrogens is 274 g/mol. The number of hydrogen-bond acceptors (Lipinski definition) is 4. The average molecular weight is 297 g/mol. The van der Waals surface area contributed by atoms with Gasteiger partial charge in [0.2, 0.25) is 10.0 Å². The first-order valence-electron chi connectivity index (χ1n) is 6.92. The fraction of sp³-hybridized carbons (Fsp3) is 0.571. The Morgan fingerprint density at radius 3 is 2.30 bits per heavy atom. The lowest BCUT2D eigenvalue weighted by Gasteiger charge is -2.51. The van der Waals surface area contributed by atoms with Crippen molar-refractivity contribution < 1.29 is 8.42 Å². The molecule has 20 heavy (non-hydrogen) atoms. The molecule has 2 rings (SSSR count). The Kier molecular flexibility index (Phi) is 4.09. The molecule has 1 aliphatic heterocycles. The molecule has 0 radical (unpaired) electrons. The van der Waals surface area contributed by atoms with Crippen LogP contribution >= 0.6 is 0 Å². The minimum absolute atomic E-state index is 0.130. The summed E-state index contributed by atoms with van der Waals surface area (Å²) in [5.74, 6) is 0.437. The van der Waals surface area contributed by atoms with Gasteiger partial charge in [0.05, 0.1) is 10.4 Å². The van der Waals surface area contributed by atoms with Crippen LogP contribution in [0.25, 0.3) is 0 Å². The topological polar surface area (TPSA) is 75.4 Å². The van der Waals surface area contributed by atoms with Gasteiger partial charge >= 0.3 is 0 Å². The van der Waals surface area contributed by atoms with Gasteiger partial charge in [0.15, 0.2) is 0 Å². The van der Waals surface area contributed by atoms with E-state index in [0.29, 0.717) is 17.4 Å². The molecule has 1 fully saturated rings. The molecule has 1 heterocycles. The number of rotatable bonds is 5. The predicted molar refractivity (Wildman–Crippen MR) is 81.3 cm³/mol. The maximum atomic E-state index is 11.8. The second-order valence-electron chi connectivity index (χ2n) is 5.74. The quantitative estimate of drug-likeness (QED) is 0.855. The largest absolute Gasteiger partial charge is 0.368 e. The molecule has 5 nitrogen and oxygen atoms in total. The monoisotopic (exact) mass is 297 g/mol. The molecule has 0 bridgehead atoms. The zero-order valence-electron chi connectivity index (χ0n) is 12.3. The molecule has 1 aromatic carbocycles. The third-order valence-corrected chi connectivity index (χ3v) is 5.53. The van der Waals surface area contributed by atoms with Crippen molar-refractivity contribution in [3.8, 4) is 0 Å². The van der Waals surface area contributed by atoms with Crippen LogP contribution in [0, 0.1) is 5.92 Å². The van der Waals surface area contributed by atoms with Gasteiger partial charge in [-0.25, -0.2) is 13.1 Å². The zero-order chi connectivity index (χ0) is 15.0. The summed E-state index contributed by atoms with van der Waals surface area (Å²) in [6.45, 7) is 8.03. The number of benzene rings is 1. The van der Waals surface area contributed by atoms with E-state index < -0.39 is 10.0 Å². The van der Waals surface area contributed by atoms with Crippen LogP contribution in [0.3, 0.4) is 0 Å². The number of anilines is 1. The lowest BCUT2D eigenvalue weighted by Crippen LogP contribution is -2.70. The molecule has 1 saturated heterocycles. The first-order chi connectivity index (χ1) is 9.28. The Hall–Kier alpha value is -1.11. The summed E-state index contributed by atoms with van der Waals surface area (Å²) in [7, 11) is -3.37. The van der Waals surface area contributed by atoms with Crippen LogP contribution in [0.4, 0.5) is 5.69 Å². The highest BCUT2D eigenvalue weighted by Crippen LogP contribution is 2.31. The van der Waals surface area contributed by atoms with E-state index in [1.54, 1.807) is 19.1 Å². The minimum atomic E-state index is -3.37. The van der Waals surface area contributed by atoms with Crippen LogP contribution in [0.1, 0.15) is 20.8 Å². The van der Waals surface area contributed by atoms with Gasteiger partial charge < -0.3 is 10.6 Å². The van der Waals surface area contributed by atoms with Gasteiger partial charge in [0.1, 0.15) is 0 Å². The summed E-state index contributed by atoms with van der Waals surface area (Å²) >= 11 is 0. The molecule has 6 heteroatoms. The molecule has 1 aromatic rings. The van der Waals surface area contributed by atoms with Crippen LogP contribution in [0.2, 0.25) is 0 Å². The van der Waals surface area contributed by atoms with Crippen molar-refractivity contribution in [1.82, 2.24) is 4.72 Å². The molecule has 0 unspecified atom stereocenters. The molecule has 0 aromatic heterocycles. The van der Waals surface area contributed by atoms with Crippen molar-refractivity contribution >= 4 is 15.7 Å². The van der Waals surface area contributed by atoms with Crippen molar-refractivity contribution in [2.24, 2.45) is 11.7 Å². The van der Waals surface area contributed by atoms with Gasteiger partial charge in [-0.3, -0.25) is 0 Å². The lowest BCUT2D eigenvalue weighted by molar-refractivity contribution is 0.245. The van der Waals surface area contributed by atoms with E-state index in [9.17, 15) is 8.42 Å². The molecule has 0 spiro atoms. The van der Waals surface area contributed by atoms with Gasteiger partial charge in [-0.05, 0) is 30.2 Å². The fourth-order valence-corrected chi connectivity index (χ4v) is 3.36.